The van der Waals surface area contributed by atoms with E-state index < -0.39 is 0 Å². The zero-order valence-electron chi connectivity index (χ0n) is 26.2. The third-order valence-corrected chi connectivity index (χ3v) is 6.63. The van der Waals surface area contributed by atoms with Crippen LogP contribution < -0.4 is 0 Å². The molecule has 0 amide bonds. The van der Waals surface area contributed by atoms with Crippen LogP contribution in [0.1, 0.15) is 117 Å². The van der Waals surface area contributed by atoms with Crippen LogP contribution in [0.25, 0.3) is 0 Å². The van der Waals surface area contributed by atoms with Crippen molar-refractivity contribution in [3.05, 3.63) is 82.3 Å². The second kappa shape index (κ2) is 13.4. The molecule has 0 aliphatic heterocycles. The molecule has 1 aromatic heterocycles. The van der Waals surface area contributed by atoms with Gasteiger partial charge in [0.1, 0.15) is 11.5 Å². The maximum absolute atomic E-state index is 6.02. The van der Waals surface area contributed by atoms with Gasteiger partial charge in [-0.05, 0) is 80.3 Å². The number of furan rings is 1. The summed E-state index contributed by atoms with van der Waals surface area (Å²) in [6.45, 7) is 26.9. The standard InChI is InChI=1S/C34H46N2O.2ClH.Fe/c1-31(2,3)23-15-24(32(4,5)6)18-27(17-23)35-21-29-13-14-30(37-29)22-36-28-19-25(33(7,8)9)16-26(20-28)34(10,11)12;;;/h13-22H,1-12H3;2*1H;/q;;;+2/p-2. The first-order chi connectivity index (χ1) is 18.2. The second-order valence-electron chi connectivity index (χ2n) is 14.3. The molecule has 3 nitrogen and oxygen atoms in total. The van der Waals surface area contributed by atoms with Gasteiger partial charge in [0.25, 0.3) is 0 Å². The Morgan fingerprint density at radius 3 is 1.00 bits per heavy atom. The van der Waals surface area contributed by atoms with Crippen LogP contribution in [0.15, 0.2) is 62.9 Å². The number of halogens is 2. The summed E-state index contributed by atoms with van der Waals surface area (Å²) >= 11 is 0.194. The number of rotatable bonds is 4. The van der Waals surface area contributed by atoms with Gasteiger partial charge in [0.05, 0.1) is 23.8 Å². The monoisotopic (exact) mass is 624 g/mol. The number of hydrogen-bond donors (Lipinski definition) is 0. The third kappa shape index (κ3) is 10.5. The Hall–Kier alpha value is -1.84. The molecule has 0 saturated carbocycles. The van der Waals surface area contributed by atoms with Crippen LogP contribution in [0.2, 0.25) is 0 Å². The van der Waals surface area contributed by atoms with E-state index in [1.165, 1.54) is 22.3 Å². The molecule has 0 aliphatic rings. The van der Waals surface area contributed by atoms with Gasteiger partial charge in [-0.2, -0.15) is 0 Å². The van der Waals surface area contributed by atoms with Gasteiger partial charge in [-0.3, -0.25) is 9.98 Å². The number of benzene rings is 2. The van der Waals surface area contributed by atoms with E-state index >= 15 is 0 Å². The number of hydrogen-bond acceptors (Lipinski definition) is 3. The van der Waals surface area contributed by atoms with E-state index in [4.69, 9.17) is 34.6 Å². The van der Waals surface area contributed by atoms with Gasteiger partial charge in [-0.25, -0.2) is 0 Å². The average molecular weight is 626 g/mol. The van der Waals surface area contributed by atoms with E-state index in [1.807, 2.05) is 12.1 Å². The fraction of sp³-hybridized carbons (Fsp3) is 0.471. The van der Waals surface area contributed by atoms with Gasteiger partial charge < -0.3 is 4.42 Å². The summed E-state index contributed by atoms with van der Waals surface area (Å²) in [5.74, 6) is 1.41. The maximum atomic E-state index is 6.02. The van der Waals surface area contributed by atoms with Gasteiger partial charge in [-0.15, -0.1) is 0 Å². The molecule has 0 saturated heterocycles. The zero-order valence-corrected chi connectivity index (χ0v) is 28.8. The molecule has 0 N–H and O–H groups in total. The summed E-state index contributed by atoms with van der Waals surface area (Å²) < 4.78 is 6.02. The topological polar surface area (TPSA) is 37.9 Å². The molecule has 40 heavy (non-hydrogen) atoms. The van der Waals surface area contributed by atoms with Crippen LogP contribution in [0, 0.1) is 0 Å². The van der Waals surface area contributed by atoms with Crippen molar-refractivity contribution in [2.45, 2.75) is 105 Å². The van der Waals surface area contributed by atoms with E-state index in [2.05, 4.69) is 119 Å². The molecule has 0 bridgehead atoms. The Labute approximate surface area is 257 Å². The van der Waals surface area contributed by atoms with Gasteiger partial charge >= 0.3 is 33.3 Å². The predicted molar refractivity (Wildman–Crippen MR) is 173 cm³/mol. The summed E-state index contributed by atoms with van der Waals surface area (Å²) in [4.78, 5) is 9.54. The first kappa shape index (κ1) is 34.4. The number of aliphatic imine (C=N–C) groups is 2. The summed E-state index contributed by atoms with van der Waals surface area (Å²) in [6.07, 6.45) is 3.59. The molecule has 3 aromatic rings. The molecule has 1 heterocycles. The van der Waals surface area contributed by atoms with E-state index in [-0.39, 0.29) is 34.8 Å². The Bertz CT molecular complexity index is 1160. The molecular weight excluding hydrogens is 579 g/mol. The van der Waals surface area contributed by atoms with E-state index in [1.54, 1.807) is 12.4 Å². The van der Waals surface area contributed by atoms with Crippen molar-refractivity contribution in [1.29, 1.82) is 0 Å². The van der Waals surface area contributed by atoms with Crippen LogP contribution in [0.3, 0.4) is 0 Å². The molecule has 3 rings (SSSR count). The molecule has 0 atom stereocenters. The van der Waals surface area contributed by atoms with Crippen molar-refractivity contribution >= 4 is 44.0 Å². The van der Waals surface area contributed by atoms with Crippen LogP contribution in [0.5, 0.6) is 0 Å². The normalized spacial score (nSPS) is 13.2. The van der Waals surface area contributed by atoms with Gasteiger partial charge in [0.15, 0.2) is 0 Å². The van der Waals surface area contributed by atoms with E-state index in [0.717, 1.165) is 11.4 Å². The van der Waals surface area contributed by atoms with Gasteiger partial charge in [-0.1, -0.05) is 95.2 Å². The van der Waals surface area contributed by atoms with Crippen LogP contribution in [0.4, 0.5) is 11.4 Å². The fourth-order valence-corrected chi connectivity index (χ4v) is 3.89. The molecule has 0 radical (unpaired) electrons. The first-order valence-corrected chi connectivity index (χ1v) is 16.6. The van der Waals surface area contributed by atoms with Crippen molar-refractivity contribution in [2.24, 2.45) is 9.98 Å². The minimum atomic E-state index is 0.0526. The van der Waals surface area contributed by atoms with Crippen LogP contribution >= 0.6 is 20.2 Å². The van der Waals surface area contributed by atoms with Gasteiger partial charge in [0.2, 0.25) is 0 Å². The minimum absolute atomic E-state index is 0.0526. The Morgan fingerprint density at radius 1 is 0.525 bits per heavy atom. The molecule has 0 unspecified atom stereocenters. The molecule has 6 heteroatoms. The Kier molecular flexibility index (Phi) is 11.5. The summed E-state index contributed by atoms with van der Waals surface area (Å²) in [5, 5.41) is 0. The first-order valence-electron chi connectivity index (χ1n) is 13.6. The van der Waals surface area contributed by atoms with E-state index in [9.17, 15) is 0 Å². The van der Waals surface area contributed by atoms with Crippen LogP contribution in [-0.4, -0.2) is 12.4 Å². The molecule has 0 fully saturated rings. The molecular formula is C34H46Cl2FeN2O. The van der Waals surface area contributed by atoms with Crippen LogP contribution in [-0.2, 0) is 34.8 Å². The summed E-state index contributed by atoms with van der Waals surface area (Å²) in [6, 6.07) is 17.2. The zero-order chi connectivity index (χ0) is 30.5. The van der Waals surface area contributed by atoms with Gasteiger partial charge in [0, 0.05) is 0 Å². The Balaban J connectivity index is 0.00000178. The molecule has 0 spiro atoms. The molecule has 0 aliphatic carbocycles. The van der Waals surface area contributed by atoms with Crippen molar-refractivity contribution in [1.82, 2.24) is 0 Å². The Morgan fingerprint density at radius 2 is 0.775 bits per heavy atom. The predicted octanol–water partition coefficient (Wildman–Crippen LogP) is 11.3. The third-order valence-electron chi connectivity index (χ3n) is 6.63. The summed E-state index contributed by atoms with van der Waals surface area (Å²) in [5.41, 5.74) is 7.23. The molecule has 220 valence electrons. The van der Waals surface area contributed by atoms with E-state index in [0.29, 0.717) is 11.5 Å². The quantitative estimate of drug-likeness (QED) is 0.210. The summed E-state index contributed by atoms with van der Waals surface area (Å²) in [7, 11) is 9.53. The fourth-order valence-electron chi connectivity index (χ4n) is 3.89. The van der Waals surface area contributed by atoms with Crippen molar-refractivity contribution in [2.75, 3.05) is 0 Å². The second-order valence-corrected chi connectivity index (χ2v) is 16.2. The van der Waals surface area contributed by atoms with Crippen molar-refractivity contribution in [3.8, 4) is 0 Å². The number of nitrogens with zero attached hydrogens (tertiary/aromatic N) is 2. The van der Waals surface area contributed by atoms with Crippen molar-refractivity contribution in [3.63, 3.8) is 0 Å². The SMILES string of the molecule is CC(C)(C)c1cc(N=Cc2ccc(C=Nc3cc(C(C)(C)C)cc(C(C)(C)C)c3)o2)cc(C(C)(C)C)c1.[Cl][Fe][Cl]. The van der Waals surface area contributed by atoms with Crippen molar-refractivity contribution < 1.29 is 17.6 Å². The average Bonchev–Trinajstić information content (AvgIpc) is 3.27. The molecule has 2 aromatic carbocycles.